The first-order valence-corrected chi connectivity index (χ1v) is 8.06. The fourth-order valence-electron chi connectivity index (χ4n) is 2.78. The molecule has 0 fully saturated rings. The van der Waals surface area contributed by atoms with Gasteiger partial charge in [-0.25, -0.2) is 9.59 Å². The van der Waals surface area contributed by atoms with E-state index in [2.05, 4.69) is 0 Å². The predicted octanol–water partition coefficient (Wildman–Crippen LogP) is 1.53. The van der Waals surface area contributed by atoms with Gasteiger partial charge in [-0.3, -0.25) is 4.79 Å². The van der Waals surface area contributed by atoms with Crippen LogP contribution in [0.1, 0.15) is 0 Å². The van der Waals surface area contributed by atoms with Crippen LogP contribution in [0.25, 0.3) is 0 Å². The maximum absolute atomic E-state index is 12.4. The SMILES string of the molecule is COC(=O)C1=C(C(=O)OC)N(c2ccc3c(c2)OCC(=O)N3C)C=CC=C1. The van der Waals surface area contributed by atoms with Gasteiger partial charge < -0.3 is 24.0 Å². The van der Waals surface area contributed by atoms with Gasteiger partial charge in [0.2, 0.25) is 0 Å². The summed E-state index contributed by atoms with van der Waals surface area (Å²) in [4.78, 5) is 39.4. The highest BCUT2D eigenvalue weighted by atomic mass is 16.5. The Morgan fingerprint density at radius 1 is 1.11 bits per heavy atom. The van der Waals surface area contributed by atoms with E-state index in [0.29, 0.717) is 17.1 Å². The zero-order valence-corrected chi connectivity index (χ0v) is 15.1. The van der Waals surface area contributed by atoms with Gasteiger partial charge in [-0.05, 0) is 24.3 Å². The maximum Gasteiger partial charge on any atom is 0.355 e. The third-order valence-corrected chi connectivity index (χ3v) is 4.20. The average Bonchev–Trinajstić information content (AvgIpc) is 2.92. The monoisotopic (exact) mass is 370 g/mol. The second-order valence-corrected chi connectivity index (χ2v) is 5.71. The Hall–Kier alpha value is -3.55. The average molecular weight is 370 g/mol. The summed E-state index contributed by atoms with van der Waals surface area (Å²) >= 11 is 0. The molecule has 0 N–H and O–H groups in total. The molecule has 0 aliphatic carbocycles. The molecule has 140 valence electrons. The molecule has 0 spiro atoms. The number of nitrogens with zero attached hydrogens (tertiary/aromatic N) is 2. The smallest absolute Gasteiger partial charge is 0.355 e. The van der Waals surface area contributed by atoms with Crippen molar-refractivity contribution in [2.45, 2.75) is 0 Å². The molecule has 2 aliphatic rings. The first-order valence-electron chi connectivity index (χ1n) is 8.06. The number of likely N-dealkylation sites (N-methyl/N-ethyl adjacent to an activating group) is 1. The molecule has 3 rings (SSSR count). The largest absolute Gasteiger partial charge is 0.481 e. The van der Waals surface area contributed by atoms with Gasteiger partial charge in [0.25, 0.3) is 5.91 Å². The number of hydrogen-bond acceptors (Lipinski definition) is 7. The van der Waals surface area contributed by atoms with E-state index in [1.54, 1.807) is 43.6 Å². The molecule has 1 amide bonds. The molecule has 1 aromatic rings. The van der Waals surface area contributed by atoms with E-state index < -0.39 is 11.9 Å². The number of ether oxygens (including phenoxy) is 3. The summed E-state index contributed by atoms with van der Waals surface area (Å²) in [5, 5.41) is 0. The molecule has 27 heavy (non-hydrogen) atoms. The summed E-state index contributed by atoms with van der Waals surface area (Å²) in [6.07, 6.45) is 6.40. The first-order chi connectivity index (χ1) is 13.0. The molecule has 0 radical (unpaired) electrons. The highest BCUT2D eigenvalue weighted by molar-refractivity contribution is 6.05. The Morgan fingerprint density at radius 3 is 2.56 bits per heavy atom. The molecule has 0 atom stereocenters. The lowest BCUT2D eigenvalue weighted by Crippen LogP contribution is -2.35. The van der Waals surface area contributed by atoms with E-state index in [4.69, 9.17) is 14.2 Å². The van der Waals surface area contributed by atoms with E-state index >= 15 is 0 Å². The van der Waals surface area contributed by atoms with Gasteiger partial charge in [-0.2, -0.15) is 0 Å². The fourth-order valence-corrected chi connectivity index (χ4v) is 2.78. The van der Waals surface area contributed by atoms with Crippen molar-refractivity contribution >= 4 is 29.2 Å². The van der Waals surface area contributed by atoms with E-state index in [1.165, 1.54) is 30.1 Å². The Kier molecular flexibility index (Phi) is 4.98. The van der Waals surface area contributed by atoms with E-state index in [9.17, 15) is 14.4 Å². The van der Waals surface area contributed by atoms with Crippen LogP contribution < -0.4 is 14.5 Å². The lowest BCUT2D eigenvalue weighted by atomic mass is 10.1. The molecule has 2 aliphatic heterocycles. The number of rotatable bonds is 3. The zero-order chi connectivity index (χ0) is 19.6. The fraction of sp³-hybridized carbons (Fsp3) is 0.211. The number of carbonyl (C=O) groups is 3. The Labute approximate surface area is 155 Å². The minimum atomic E-state index is -0.697. The summed E-state index contributed by atoms with van der Waals surface area (Å²) in [7, 11) is 4.13. The van der Waals surface area contributed by atoms with Crippen molar-refractivity contribution in [1.82, 2.24) is 0 Å². The maximum atomic E-state index is 12.4. The van der Waals surface area contributed by atoms with Crippen molar-refractivity contribution in [2.24, 2.45) is 0 Å². The summed E-state index contributed by atoms with van der Waals surface area (Å²) in [6.45, 7) is -0.0720. The second kappa shape index (κ2) is 7.36. The van der Waals surface area contributed by atoms with Crippen LogP contribution in [0.4, 0.5) is 11.4 Å². The number of anilines is 2. The summed E-state index contributed by atoms with van der Waals surface area (Å²) < 4.78 is 15.2. The van der Waals surface area contributed by atoms with Crippen LogP contribution in [0, 0.1) is 0 Å². The van der Waals surface area contributed by atoms with E-state index in [-0.39, 0.29) is 23.8 Å². The molecule has 0 bridgehead atoms. The second-order valence-electron chi connectivity index (χ2n) is 5.71. The molecule has 8 nitrogen and oxygen atoms in total. The molecule has 0 unspecified atom stereocenters. The highest BCUT2D eigenvalue weighted by Gasteiger charge is 2.29. The van der Waals surface area contributed by atoms with Gasteiger partial charge in [0.1, 0.15) is 11.4 Å². The number of esters is 2. The number of methoxy groups -OCH3 is 2. The van der Waals surface area contributed by atoms with Crippen molar-refractivity contribution in [1.29, 1.82) is 0 Å². The topological polar surface area (TPSA) is 85.4 Å². The third kappa shape index (κ3) is 3.29. The minimum absolute atomic E-state index is 0.00883. The van der Waals surface area contributed by atoms with E-state index in [1.807, 2.05) is 0 Å². The third-order valence-electron chi connectivity index (χ3n) is 4.20. The lowest BCUT2D eigenvalue weighted by molar-refractivity contribution is -0.139. The first kappa shape index (κ1) is 18.2. The Balaban J connectivity index is 2.12. The molecule has 0 aromatic heterocycles. The summed E-state index contributed by atoms with van der Waals surface area (Å²) in [5.41, 5.74) is 1.23. The summed E-state index contributed by atoms with van der Waals surface area (Å²) in [5.74, 6) is -1.03. The van der Waals surface area contributed by atoms with E-state index in [0.717, 1.165) is 0 Å². The van der Waals surface area contributed by atoms with Gasteiger partial charge in [-0.15, -0.1) is 0 Å². The van der Waals surface area contributed by atoms with Gasteiger partial charge >= 0.3 is 11.9 Å². The number of amides is 1. The quantitative estimate of drug-likeness (QED) is 0.746. The Bertz CT molecular complexity index is 899. The normalized spacial score (nSPS) is 15.9. The Morgan fingerprint density at radius 2 is 1.85 bits per heavy atom. The molecule has 2 heterocycles. The van der Waals surface area contributed by atoms with Crippen LogP contribution in [-0.4, -0.2) is 45.7 Å². The van der Waals surface area contributed by atoms with Crippen molar-refractivity contribution in [3.63, 3.8) is 0 Å². The van der Waals surface area contributed by atoms with Crippen molar-refractivity contribution < 1.29 is 28.6 Å². The number of carbonyl (C=O) groups excluding carboxylic acids is 3. The predicted molar refractivity (Wildman–Crippen MR) is 97.2 cm³/mol. The molecule has 8 heteroatoms. The number of hydrogen-bond donors (Lipinski definition) is 0. The molecular weight excluding hydrogens is 352 g/mol. The van der Waals surface area contributed by atoms with Gasteiger partial charge in [0.05, 0.1) is 25.5 Å². The molecule has 1 aromatic carbocycles. The zero-order valence-electron chi connectivity index (χ0n) is 15.1. The molecular formula is C19H18N2O6. The number of benzene rings is 1. The van der Waals surface area contributed by atoms with Gasteiger partial charge in [-0.1, -0.05) is 6.08 Å². The standard InChI is InChI=1S/C19H18N2O6/c1-20-14-8-7-12(10-15(14)27-11-16(20)22)21-9-5-4-6-13(18(23)25-2)17(21)19(24)26-3/h4-10H,11H2,1-3H3. The minimum Gasteiger partial charge on any atom is -0.481 e. The number of fused-ring (bicyclic) bond motifs is 1. The van der Waals surface area contributed by atoms with Crippen LogP contribution in [0.3, 0.4) is 0 Å². The van der Waals surface area contributed by atoms with Crippen LogP contribution in [0.2, 0.25) is 0 Å². The highest BCUT2D eigenvalue weighted by Crippen LogP contribution is 2.37. The lowest BCUT2D eigenvalue weighted by Gasteiger charge is -2.28. The number of allylic oxidation sites excluding steroid dienone is 2. The van der Waals surface area contributed by atoms with Crippen molar-refractivity contribution in [3.8, 4) is 5.75 Å². The van der Waals surface area contributed by atoms with Crippen molar-refractivity contribution in [3.05, 3.63) is 53.9 Å². The van der Waals surface area contributed by atoms with Crippen LogP contribution in [-0.2, 0) is 23.9 Å². The molecule has 0 saturated carbocycles. The van der Waals surface area contributed by atoms with Crippen LogP contribution in [0.15, 0.2) is 53.9 Å². The van der Waals surface area contributed by atoms with Crippen LogP contribution in [0.5, 0.6) is 5.75 Å². The molecule has 0 saturated heterocycles. The van der Waals surface area contributed by atoms with Crippen molar-refractivity contribution in [2.75, 3.05) is 37.7 Å². The summed E-state index contributed by atoms with van der Waals surface area (Å²) in [6, 6.07) is 5.11. The van der Waals surface area contributed by atoms with Crippen LogP contribution >= 0.6 is 0 Å². The van der Waals surface area contributed by atoms with Gasteiger partial charge in [0, 0.05) is 25.0 Å². The van der Waals surface area contributed by atoms with Gasteiger partial charge in [0.15, 0.2) is 6.61 Å².